The first-order valence-corrected chi connectivity index (χ1v) is 6.94. The third kappa shape index (κ3) is 2.50. The highest BCUT2D eigenvalue weighted by atomic mass is 35.5. The molecular weight excluding hydrogens is 288 g/mol. The van der Waals surface area contributed by atoms with Gasteiger partial charge in [-0.25, -0.2) is 9.97 Å². The van der Waals surface area contributed by atoms with Gasteiger partial charge in [0.05, 0.1) is 12.1 Å². The lowest BCUT2D eigenvalue weighted by Gasteiger charge is -2.13. The Balaban J connectivity index is 2.31. The second-order valence-electron chi connectivity index (χ2n) is 4.48. The molecule has 21 heavy (non-hydrogen) atoms. The topological polar surface area (TPSA) is 55.2 Å². The van der Waals surface area contributed by atoms with Crippen molar-refractivity contribution in [2.45, 2.75) is 6.92 Å². The number of ether oxygens (including phenoxy) is 1. The summed E-state index contributed by atoms with van der Waals surface area (Å²) in [5.41, 5.74) is 2.15. The van der Waals surface area contributed by atoms with Crippen LogP contribution in [0.5, 0.6) is 11.5 Å². The van der Waals surface area contributed by atoms with Crippen molar-refractivity contribution in [2.24, 2.45) is 0 Å². The third-order valence-electron chi connectivity index (χ3n) is 3.18. The number of fused-ring (bicyclic) bond motifs is 1. The summed E-state index contributed by atoms with van der Waals surface area (Å²) in [6.45, 7) is 2.43. The quantitative estimate of drug-likeness (QED) is 0.741. The summed E-state index contributed by atoms with van der Waals surface area (Å²) >= 11 is 6.13. The van der Waals surface area contributed by atoms with Crippen LogP contribution in [0.25, 0.3) is 22.0 Å². The zero-order valence-corrected chi connectivity index (χ0v) is 12.1. The van der Waals surface area contributed by atoms with Crippen molar-refractivity contribution in [3.05, 3.63) is 47.9 Å². The Bertz CT molecular complexity index is 805. The van der Waals surface area contributed by atoms with Gasteiger partial charge in [-0.2, -0.15) is 0 Å². The van der Waals surface area contributed by atoms with Gasteiger partial charge in [0.1, 0.15) is 23.0 Å². The van der Waals surface area contributed by atoms with Crippen molar-refractivity contribution < 1.29 is 9.84 Å². The molecule has 0 amide bonds. The fraction of sp³-hybridized carbons (Fsp3) is 0.125. The van der Waals surface area contributed by atoms with Crippen molar-refractivity contribution in [1.82, 2.24) is 9.97 Å². The Morgan fingerprint density at radius 1 is 1.14 bits per heavy atom. The molecule has 0 aliphatic carbocycles. The second kappa shape index (κ2) is 5.58. The Hall–Kier alpha value is -2.33. The molecule has 0 fully saturated rings. The highest BCUT2D eigenvalue weighted by Gasteiger charge is 2.14. The van der Waals surface area contributed by atoms with Crippen molar-refractivity contribution in [2.75, 3.05) is 6.61 Å². The van der Waals surface area contributed by atoms with E-state index < -0.39 is 0 Å². The molecule has 4 nitrogen and oxygen atoms in total. The van der Waals surface area contributed by atoms with Gasteiger partial charge >= 0.3 is 0 Å². The molecule has 106 valence electrons. The van der Waals surface area contributed by atoms with Gasteiger partial charge in [0.2, 0.25) is 0 Å². The first-order chi connectivity index (χ1) is 10.2. The van der Waals surface area contributed by atoms with Crippen LogP contribution in [0.2, 0.25) is 5.15 Å². The third-order valence-corrected chi connectivity index (χ3v) is 3.48. The molecule has 0 radical (unpaired) electrons. The van der Waals surface area contributed by atoms with Crippen LogP contribution in [0.15, 0.2) is 42.7 Å². The van der Waals surface area contributed by atoms with E-state index in [1.165, 1.54) is 6.33 Å². The molecule has 0 aliphatic heterocycles. The number of aromatic nitrogens is 2. The number of hydrogen-bond acceptors (Lipinski definition) is 4. The molecule has 1 heterocycles. The zero-order valence-electron chi connectivity index (χ0n) is 11.4. The van der Waals surface area contributed by atoms with E-state index in [-0.39, 0.29) is 5.75 Å². The molecular formula is C16H13ClN2O2. The van der Waals surface area contributed by atoms with E-state index in [9.17, 15) is 5.11 Å². The summed E-state index contributed by atoms with van der Waals surface area (Å²) in [6, 6.07) is 10.8. The van der Waals surface area contributed by atoms with Gasteiger partial charge in [0.15, 0.2) is 0 Å². The maximum absolute atomic E-state index is 10.1. The number of aromatic hydroxyl groups is 1. The number of nitrogens with zero attached hydrogens (tertiary/aromatic N) is 2. The summed E-state index contributed by atoms with van der Waals surface area (Å²) in [5, 5.41) is 11.2. The van der Waals surface area contributed by atoms with E-state index in [0.717, 1.165) is 10.9 Å². The number of benzene rings is 2. The summed E-state index contributed by atoms with van der Waals surface area (Å²) < 4.78 is 5.68. The first kappa shape index (κ1) is 13.6. The van der Waals surface area contributed by atoms with E-state index >= 15 is 0 Å². The summed E-state index contributed by atoms with van der Waals surface area (Å²) in [5.74, 6) is 0.840. The predicted octanol–water partition coefficient (Wildman–Crippen LogP) is 4.05. The standard InChI is InChI=1S/C16H13ClN2O2/c1-2-21-15-8-13-12(16(17)19-9-18-13)7-11(15)10-5-3-4-6-14(10)20/h3-9,20H,2H2,1H3. The average Bonchev–Trinajstić information content (AvgIpc) is 2.48. The molecule has 0 unspecified atom stereocenters. The van der Waals surface area contributed by atoms with E-state index in [2.05, 4.69) is 9.97 Å². The lowest BCUT2D eigenvalue weighted by atomic mass is 10.0. The van der Waals surface area contributed by atoms with E-state index in [0.29, 0.717) is 28.6 Å². The molecule has 0 spiro atoms. The molecule has 2 aromatic carbocycles. The fourth-order valence-corrected chi connectivity index (χ4v) is 2.43. The molecule has 0 saturated carbocycles. The molecule has 1 N–H and O–H groups in total. The van der Waals surface area contributed by atoms with Gasteiger partial charge in [-0.15, -0.1) is 0 Å². The number of rotatable bonds is 3. The largest absolute Gasteiger partial charge is 0.507 e. The zero-order chi connectivity index (χ0) is 14.8. The smallest absolute Gasteiger partial charge is 0.140 e. The van der Waals surface area contributed by atoms with Crippen LogP contribution in [0, 0.1) is 0 Å². The molecule has 0 saturated heterocycles. The van der Waals surface area contributed by atoms with Gasteiger partial charge in [0, 0.05) is 22.6 Å². The fourth-order valence-electron chi connectivity index (χ4n) is 2.24. The Labute approximate surface area is 127 Å². The molecule has 5 heteroatoms. The number of hydrogen-bond donors (Lipinski definition) is 1. The van der Waals surface area contributed by atoms with Crippen molar-refractivity contribution in [3.63, 3.8) is 0 Å². The first-order valence-electron chi connectivity index (χ1n) is 6.56. The highest BCUT2D eigenvalue weighted by Crippen LogP contribution is 2.39. The van der Waals surface area contributed by atoms with Gasteiger partial charge < -0.3 is 9.84 Å². The number of phenols is 1. The average molecular weight is 301 g/mol. The Morgan fingerprint density at radius 3 is 2.71 bits per heavy atom. The van der Waals surface area contributed by atoms with Gasteiger partial charge in [0.25, 0.3) is 0 Å². The lowest BCUT2D eigenvalue weighted by molar-refractivity contribution is 0.342. The van der Waals surface area contributed by atoms with E-state index in [1.807, 2.05) is 31.2 Å². The summed E-state index contributed by atoms with van der Waals surface area (Å²) in [7, 11) is 0. The van der Waals surface area contributed by atoms with Crippen molar-refractivity contribution in [3.8, 4) is 22.6 Å². The molecule has 3 aromatic rings. The minimum Gasteiger partial charge on any atom is -0.507 e. The Morgan fingerprint density at radius 2 is 1.95 bits per heavy atom. The van der Waals surface area contributed by atoms with Gasteiger partial charge in [-0.3, -0.25) is 0 Å². The molecule has 0 bridgehead atoms. The van der Waals surface area contributed by atoms with Crippen LogP contribution >= 0.6 is 11.6 Å². The monoisotopic (exact) mass is 300 g/mol. The normalized spacial score (nSPS) is 10.8. The van der Waals surface area contributed by atoms with Crippen LogP contribution in [-0.4, -0.2) is 21.7 Å². The highest BCUT2D eigenvalue weighted by molar-refractivity contribution is 6.34. The number of para-hydroxylation sites is 1. The molecule has 0 aliphatic rings. The SMILES string of the molecule is CCOc1cc2ncnc(Cl)c2cc1-c1ccccc1O. The van der Waals surface area contributed by atoms with Crippen LogP contribution < -0.4 is 4.74 Å². The second-order valence-corrected chi connectivity index (χ2v) is 4.84. The maximum atomic E-state index is 10.1. The van der Waals surface area contributed by atoms with E-state index in [4.69, 9.17) is 16.3 Å². The minimum atomic E-state index is 0.186. The van der Waals surface area contributed by atoms with Crippen LogP contribution in [0.3, 0.4) is 0 Å². The van der Waals surface area contributed by atoms with Gasteiger partial charge in [-0.1, -0.05) is 29.8 Å². The van der Waals surface area contributed by atoms with Crippen molar-refractivity contribution in [1.29, 1.82) is 0 Å². The maximum Gasteiger partial charge on any atom is 0.140 e. The predicted molar refractivity (Wildman–Crippen MR) is 82.8 cm³/mol. The van der Waals surface area contributed by atoms with Crippen LogP contribution in [0.4, 0.5) is 0 Å². The molecule has 0 atom stereocenters. The molecule has 1 aromatic heterocycles. The van der Waals surface area contributed by atoms with Crippen LogP contribution in [-0.2, 0) is 0 Å². The van der Waals surface area contributed by atoms with Gasteiger partial charge in [-0.05, 0) is 19.1 Å². The lowest BCUT2D eigenvalue weighted by Crippen LogP contribution is -1.96. The summed E-state index contributed by atoms with van der Waals surface area (Å²) in [6.07, 6.45) is 1.42. The summed E-state index contributed by atoms with van der Waals surface area (Å²) in [4.78, 5) is 8.20. The van der Waals surface area contributed by atoms with E-state index in [1.54, 1.807) is 12.1 Å². The molecule has 3 rings (SSSR count). The van der Waals surface area contributed by atoms with Crippen LogP contribution in [0.1, 0.15) is 6.92 Å². The minimum absolute atomic E-state index is 0.186. The number of halogens is 1. The Kier molecular flexibility index (Phi) is 3.62. The van der Waals surface area contributed by atoms with Crippen molar-refractivity contribution >= 4 is 22.5 Å². The number of phenolic OH excluding ortho intramolecular Hbond substituents is 1.